The van der Waals surface area contributed by atoms with Gasteiger partial charge in [0.2, 0.25) is 0 Å². The Balaban J connectivity index is 2.37. The number of methoxy groups -OCH3 is 1. The van der Waals surface area contributed by atoms with Gasteiger partial charge in [0.25, 0.3) is 0 Å². The zero-order chi connectivity index (χ0) is 13.8. The lowest BCUT2D eigenvalue weighted by molar-refractivity contribution is 0.414. The maximum Gasteiger partial charge on any atom is 0.118 e. The van der Waals surface area contributed by atoms with E-state index in [4.69, 9.17) is 16.3 Å². The molecular weight excluding hydrogens is 326 g/mol. The smallest absolute Gasteiger partial charge is 0.118 e. The normalized spacial score (nSPS) is 12.2. The summed E-state index contributed by atoms with van der Waals surface area (Å²) in [7, 11) is 3.61. The molecule has 2 aromatic carbocycles. The van der Waals surface area contributed by atoms with Gasteiger partial charge in [-0.2, -0.15) is 0 Å². The molecule has 4 heteroatoms. The summed E-state index contributed by atoms with van der Waals surface area (Å²) in [5.74, 6) is 0.855. The van der Waals surface area contributed by atoms with Crippen LogP contribution >= 0.6 is 27.5 Å². The molecule has 0 aliphatic rings. The van der Waals surface area contributed by atoms with Gasteiger partial charge in [0.05, 0.1) is 13.2 Å². The molecule has 1 atom stereocenters. The Morgan fingerprint density at radius 1 is 1.16 bits per heavy atom. The summed E-state index contributed by atoms with van der Waals surface area (Å²) in [6.07, 6.45) is 0. The molecule has 0 fully saturated rings. The monoisotopic (exact) mass is 339 g/mol. The zero-order valence-electron chi connectivity index (χ0n) is 10.8. The standard InChI is InChI=1S/C15H15BrClNO/c1-18-15(10-3-6-12(19-2)7-4-10)13-8-5-11(17)9-14(13)16/h3-9,15,18H,1-2H3. The van der Waals surface area contributed by atoms with Crippen LogP contribution in [0.3, 0.4) is 0 Å². The van der Waals surface area contributed by atoms with E-state index < -0.39 is 0 Å². The summed E-state index contributed by atoms with van der Waals surface area (Å²) in [4.78, 5) is 0. The lowest BCUT2D eigenvalue weighted by Crippen LogP contribution is -2.18. The quantitative estimate of drug-likeness (QED) is 0.889. The van der Waals surface area contributed by atoms with Gasteiger partial charge in [0, 0.05) is 9.50 Å². The molecule has 19 heavy (non-hydrogen) atoms. The molecule has 0 saturated carbocycles. The average molecular weight is 341 g/mol. The summed E-state index contributed by atoms with van der Waals surface area (Å²) in [6, 6.07) is 14.0. The van der Waals surface area contributed by atoms with E-state index in [0.717, 1.165) is 20.8 Å². The van der Waals surface area contributed by atoms with Crippen LogP contribution in [-0.4, -0.2) is 14.2 Å². The topological polar surface area (TPSA) is 21.3 Å². The minimum Gasteiger partial charge on any atom is -0.497 e. The number of nitrogens with one attached hydrogen (secondary N) is 1. The van der Waals surface area contributed by atoms with E-state index in [9.17, 15) is 0 Å². The fourth-order valence-electron chi connectivity index (χ4n) is 2.03. The molecular formula is C15H15BrClNO. The van der Waals surface area contributed by atoms with Crippen LogP contribution in [0.5, 0.6) is 5.75 Å². The highest BCUT2D eigenvalue weighted by atomic mass is 79.9. The van der Waals surface area contributed by atoms with Crippen molar-refractivity contribution in [1.29, 1.82) is 0 Å². The highest BCUT2D eigenvalue weighted by Gasteiger charge is 2.15. The van der Waals surface area contributed by atoms with Crippen molar-refractivity contribution in [2.45, 2.75) is 6.04 Å². The zero-order valence-corrected chi connectivity index (χ0v) is 13.1. The van der Waals surface area contributed by atoms with Gasteiger partial charge in [-0.25, -0.2) is 0 Å². The summed E-state index contributed by atoms with van der Waals surface area (Å²) in [5, 5.41) is 4.04. The molecule has 2 rings (SSSR count). The molecule has 100 valence electrons. The van der Waals surface area contributed by atoms with Crippen molar-refractivity contribution in [1.82, 2.24) is 5.32 Å². The maximum atomic E-state index is 5.98. The average Bonchev–Trinajstić information content (AvgIpc) is 2.42. The molecule has 0 amide bonds. The van der Waals surface area contributed by atoms with Crippen molar-refractivity contribution in [3.8, 4) is 5.75 Å². The van der Waals surface area contributed by atoms with Crippen LogP contribution in [0.1, 0.15) is 17.2 Å². The molecule has 2 nitrogen and oxygen atoms in total. The van der Waals surface area contributed by atoms with Crippen LogP contribution in [0.2, 0.25) is 5.02 Å². The van der Waals surface area contributed by atoms with Gasteiger partial charge in [-0.1, -0.05) is 45.7 Å². The fourth-order valence-corrected chi connectivity index (χ4v) is 2.95. The van der Waals surface area contributed by atoms with E-state index in [2.05, 4.69) is 33.4 Å². The molecule has 0 bridgehead atoms. The number of hydrogen-bond donors (Lipinski definition) is 1. The molecule has 0 spiro atoms. The lowest BCUT2D eigenvalue weighted by Gasteiger charge is -2.19. The molecule has 0 aliphatic carbocycles. The summed E-state index contributed by atoms with van der Waals surface area (Å²) in [6.45, 7) is 0. The first-order chi connectivity index (χ1) is 9.15. The van der Waals surface area contributed by atoms with Crippen molar-refractivity contribution in [2.24, 2.45) is 0 Å². The van der Waals surface area contributed by atoms with Gasteiger partial charge in [0.1, 0.15) is 5.75 Å². The predicted octanol–water partition coefficient (Wildman–Crippen LogP) is 4.42. The van der Waals surface area contributed by atoms with Crippen LogP contribution in [-0.2, 0) is 0 Å². The van der Waals surface area contributed by atoms with Gasteiger partial charge in [-0.3, -0.25) is 0 Å². The second kappa shape index (κ2) is 6.42. The summed E-state index contributed by atoms with van der Waals surface area (Å²) >= 11 is 9.55. The molecule has 0 aromatic heterocycles. The van der Waals surface area contributed by atoms with Gasteiger partial charge in [-0.05, 0) is 42.4 Å². The highest BCUT2D eigenvalue weighted by molar-refractivity contribution is 9.10. The van der Waals surface area contributed by atoms with Crippen LogP contribution in [0.25, 0.3) is 0 Å². The SMILES string of the molecule is CNC(c1ccc(OC)cc1)c1ccc(Cl)cc1Br. The van der Waals surface area contributed by atoms with Gasteiger partial charge >= 0.3 is 0 Å². The highest BCUT2D eigenvalue weighted by Crippen LogP contribution is 2.31. The van der Waals surface area contributed by atoms with Crippen LogP contribution < -0.4 is 10.1 Å². The fraction of sp³-hybridized carbons (Fsp3) is 0.200. The Labute approximate surface area is 126 Å². The third kappa shape index (κ3) is 3.30. The van der Waals surface area contributed by atoms with E-state index in [1.54, 1.807) is 7.11 Å². The number of benzene rings is 2. The van der Waals surface area contributed by atoms with Crippen molar-refractivity contribution in [2.75, 3.05) is 14.2 Å². The Hall–Kier alpha value is -1.03. The number of rotatable bonds is 4. The summed E-state index contributed by atoms with van der Waals surface area (Å²) in [5.41, 5.74) is 2.32. The first kappa shape index (κ1) is 14.4. The van der Waals surface area contributed by atoms with Crippen molar-refractivity contribution >= 4 is 27.5 Å². The molecule has 0 radical (unpaired) electrons. The molecule has 2 aromatic rings. The van der Waals surface area contributed by atoms with E-state index in [1.807, 2.05) is 37.4 Å². The predicted molar refractivity (Wildman–Crippen MR) is 83.0 cm³/mol. The maximum absolute atomic E-state index is 5.98. The minimum absolute atomic E-state index is 0.109. The minimum atomic E-state index is 0.109. The van der Waals surface area contributed by atoms with Crippen molar-refractivity contribution < 1.29 is 4.74 Å². The Bertz CT molecular complexity index is 557. The molecule has 0 saturated heterocycles. The lowest BCUT2D eigenvalue weighted by atomic mass is 9.99. The Kier molecular flexibility index (Phi) is 4.86. The van der Waals surface area contributed by atoms with Crippen molar-refractivity contribution in [3.05, 3.63) is 63.1 Å². The Morgan fingerprint density at radius 2 is 1.84 bits per heavy atom. The third-order valence-corrected chi connectivity index (χ3v) is 3.93. The molecule has 0 heterocycles. The van der Waals surface area contributed by atoms with Gasteiger partial charge in [-0.15, -0.1) is 0 Å². The number of halogens is 2. The second-order valence-corrected chi connectivity index (χ2v) is 5.45. The molecule has 0 aliphatic heterocycles. The number of ether oxygens (including phenoxy) is 1. The van der Waals surface area contributed by atoms with Crippen molar-refractivity contribution in [3.63, 3.8) is 0 Å². The van der Waals surface area contributed by atoms with E-state index in [1.165, 1.54) is 5.56 Å². The van der Waals surface area contributed by atoms with Crippen LogP contribution in [0.15, 0.2) is 46.9 Å². The van der Waals surface area contributed by atoms with Gasteiger partial charge < -0.3 is 10.1 Å². The Morgan fingerprint density at radius 3 is 2.37 bits per heavy atom. The third-order valence-electron chi connectivity index (χ3n) is 3.01. The summed E-state index contributed by atoms with van der Waals surface area (Å²) < 4.78 is 6.18. The first-order valence-corrected chi connectivity index (χ1v) is 7.09. The molecule has 1 N–H and O–H groups in total. The van der Waals surface area contributed by atoms with Crippen LogP contribution in [0, 0.1) is 0 Å². The largest absolute Gasteiger partial charge is 0.497 e. The van der Waals surface area contributed by atoms with E-state index in [-0.39, 0.29) is 6.04 Å². The number of hydrogen-bond acceptors (Lipinski definition) is 2. The van der Waals surface area contributed by atoms with Crippen LogP contribution in [0.4, 0.5) is 0 Å². The van der Waals surface area contributed by atoms with E-state index >= 15 is 0 Å². The van der Waals surface area contributed by atoms with Gasteiger partial charge in [0.15, 0.2) is 0 Å². The second-order valence-electron chi connectivity index (χ2n) is 4.16. The first-order valence-electron chi connectivity index (χ1n) is 5.92. The van der Waals surface area contributed by atoms with E-state index in [0.29, 0.717) is 0 Å². The molecule has 1 unspecified atom stereocenters.